The molecule has 7 nitrogen and oxygen atoms in total. The molecule has 0 saturated carbocycles. The minimum absolute atomic E-state index is 0.0433. The van der Waals surface area contributed by atoms with Gasteiger partial charge in [0.1, 0.15) is 0 Å². The fraction of sp³-hybridized carbons (Fsp3) is 0.278. The van der Waals surface area contributed by atoms with E-state index in [1.54, 1.807) is 6.07 Å². The third kappa shape index (κ3) is 6.57. The predicted octanol–water partition coefficient (Wildman–Crippen LogP) is 0.776. The molecule has 0 heterocycles. The molecule has 0 fully saturated rings. The van der Waals surface area contributed by atoms with Crippen LogP contribution in [0.5, 0.6) is 0 Å². The fourth-order valence-corrected chi connectivity index (χ4v) is 3.10. The second kappa shape index (κ2) is 9.44. The Hall–Kier alpha value is -2.26. The van der Waals surface area contributed by atoms with E-state index in [4.69, 9.17) is 10.9 Å². The van der Waals surface area contributed by atoms with Gasteiger partial charge in [0.2, 0.25) is 15.9 Å². The van der Waals surface area contributed by atoms with Crippen molar-refractivity contribution in [2.45, 2.75) is 11.3 Å². The number of carbonyl (C=O) groups is 1. The van der Waals surface area contributed by atoms with Gasteiger partial charge in [-0.2, -0.15) is 0 Å². The number of nitrogens with two attached hydrogens (primary N) is 2. The van der Waals surface area contributed by atoms with Crippen LogP contribution in [-0.2, 0) is 21.2 Å². The number of amides is 1. The van der Waals surface area contributed by atoms with Gasteiger partial charge in [0.25, 0.3) is 0 Å². The Kier molecular flexibility index (Phi) is 7.28. The van der Waals surface area contributed by atoms with E-state index in [9.17, 15) is 13.2 Å². The van der Waals surface area contributed by atoms with Gasteiger partial charge in [-0.1, -0.05) is 36.4 Å². The molecular formula is C18H24N4O3S. The van der Waals surface area contributed by atoms with E-state index in [2.05, 4.69) is 5.32 Å². The maximum atomic E-state index is 12.3. The zero-order valence-electron chi connectivity index (χ0n) is 14.5. The van der Waals surface area contributed by atoms with E-state index in [1.807, 2.05) is 35.2 Å². The van der Waals surface area contributed by atoms with E-state index in [0.717, 1.165) is 6.42 Å². The zero-order chi connectivity index (χ0) is 19.0. The molecule has 8 heteroatoms. The minimum Gasteiger partial charge on any atom is -0.329 e. The molecule has 0 spiro atoms. The maximum absolute atomic E-state index is 12.3. The van der Waals surface area contributed by atoms with Gasteiger partial charge in [-0.05, 0) is 30.2 Å². The molecule has 0 radical (unpaired) electrons. The summed E-state index contributed by atoms with van der Waals surface area (Å²) in [5.74, 6) is -0.238. The Morgan fingerprint density at radius 1 is 1.04 bits per heavy atom. The molecule has 0 aliphatic rings. The van der Waals surface area contributed by atoms with Crippen molar-refractivity contribution in [2.75, 3.05) is 31.5 Å². The van der Waals surface area contributed by atoms with Gasteiger partial charge in [0, 0.05) is 25.3 Å². The van der Waals surface area contributed by atoms with Crippen molar-refractivity contribution in [3.05, 3.63) is 60.2 Å². The van der Waals surface area contributed by atoms with Gasteiger partial charge in [-0.3, -0.25) is 9.69 Å². The van der Waals surface area contributed by atoms with E-state index in [1.165, 1.54) is 23.8 Å². The molecule has 0 aliphatic carbocycles. The number of benzene rings is 2. The van der Waals surface area contributed by atoms with Crippen LogP contribution in [0.1, 0.15) is 5.56 Å². The Labute approximate surface area is 154 Å². The number of hydrogen-bond donors (Lipinski definition) is 3. The summed E-state index contributed by atoms with van der Waals surface area (Å²) in [7, 11) is -3.81. The molecular weight excluding hydrogens is 352 g/mol. The molecule has 5 N–H and O–H groups in total. The highest BCUT2D eigenvalue weighted by Gasteiger charge is 2.12. The largest absolute Gasteiger partial charge is 0.329 e. The first-order valence-corrected chi connectivity index (χ1v) is 9.82. The second-order valence-electron chi connectivity index (χ2n) is 5.92. The van der Waals surface area contributed by atoms with Gasteiger partial charge < -0.3 is 11.1 Å². The Balaban J connectivity index is 1.95. The lowest BCUT2D eigenvalue weighted by atomic mass is 10.1. The zero-order valence-corrected chi connectivity index (χ0v) is 15.3. The summed E-state index contributed by atoms with van der Waals surface area (Å²) in [6.07, 6.45) is 0.815. The molecule has 0 atom stereocenters. The van der Waals surface area contributed by atoms with Crippen molar-refractivity contribution in [3.63, 3.8) is 0 Å². The first-order valence-electron chi connectivity index (χ1n) is 8.27. The molecule has 2 aromatic carbocycles. The number of rotatable bonds is 9. The number of nitrogens with one attached hydrogen (secondary N) is 1. The minimum atomic E-state index is -3.81. The molecule has 0 aliphatic heterocycles. The van der Waals surface area contributed by atoms with Gasteiger partial charge in [0.05, 0.1) is 11.4 Å². The van der Waals surface area contributed by atoms with Gasteiger partial charge in [0.15, 0.2) is 0 Å². The van der Waals surface area contributed by atoms with Crippen molar-refractivity contribution < 1.29 is 13.2 Å². The topological polar surface area (TPSA) is 119 Å². The normalized spacial score (nSPS) is 11.5. The Morgan fingerprint density at radius 2 is 1.77 bits per heavy atom. The van der Waals surface area contributed by atoms with Crippen LogP contribution >= 0.6 is 0 Å². The number of anilines is 1. The summed E-state index contributed by atoms with van der Waals surface area (Å²) in [6.45, 7) is 1.91. The summed E-state index contributed by atoms with van der Waals surface area (Å²) < 4.78 is 22.8. The summed E-state index contributed by atoms with van der Waals surface area (Å²) in [5, 5.41) is 7.81. The van der Waals surface area contributed by atoms with Crippen LogP contribution < -0.4 is 16.2 Å². The van der Waals surface area contributed by atoms with Crippen LogP contribution in [0.3, 0.4) is 0 Å². The summed E-state index contributed by atoms with van der Waals surface area (Å²) in [4.78, 5) is 14.2. The quantitative estimate of drug-likeness (QED) is 0.597. The number of primary sulfonamides is 1. The highest BCUT2D eigenvalue weighted by Crippen LogP contribution is 2.14. The summed E-state index contributed by atoms with van der Waals surface area (Å²) in [5.41, 5.74) is 7.22. The van der Waals surface area contributed by atoms with Crippen molar-refractivity contribution in [3.8, 4) is 0 Å². The van der Waals surface area contributed by atoms with Gasteiger partial charge in [-0.25, -0.2) is 13.6 Å². The van der Waals surface area contributed by atoms with Crippen molar-refractivity contribution in [1.29, 1.82) is 0 Å². The number of carbonyl (C=O) groups excluding carboxylic acids is 1. The molecule has 140 valence electrons. The molecule has 0 aromatic heterocycles. The number of hydrogen-bond acceptors (Lipinski definition) is 5. The first kappa shape index (κ1) is 20.1. The Bertz CT molecular complexity index is 825. The number of nitrogens with zero attached hydrogens (tertiary/aromatic N) is 1. The van der Waals surface area contributed by atoms with E-state index in [-0.39, 0.29) is 17.3 Å². The fourth-order valence-electron chi connectivity index (χ4n) is 2.54. The van der Waals surface area contributed by atoms with E-state index < -0.39 is 10.0 Å². The predicted molar refractivity (Wildman–Crippen MR) is 102 cm³/mol. The lowest BCUT2D eigenvalue weighted by molar-refractivity contribution is -0.117. The van der Waals surface area contributed by atoms with Crippen molar-refractivity contribution in [2.24, 2.45) is 10.9 Å². The maximum Gasteiger partial charge on any atom is 0.238 e. The van der Waals surface area contributed by atoms with Crippen molar-refractivity contribution >= 4 is 21.6 Å². The van der Waals surface area contributed by atoms with Crippen LogP contribution in [0, 0.1) is 0 Å². The highest BCUT2D eigenvalue weighted by atomic mass is 32.2. The van der Waals surface area contributed by atoms with Crippen molar-refractivity contribution in [1.82, 2.24) is 4.90 Å². The molecule has 2 aromatic rings. The van der Waals surface area contributed by atoms with Crippen LogP contribution in [-0.4, -0.2) is 45.4 Å². The van der Waals surface area contributed by atoms with Crippen LogP contribution in [0.15, 0.2) is 59.5 Å². The lowest BCUT2D eigenvalue weighted by Crippen LogP contribution is -2.38. The number of sulfonamides is 1. The summed E-state index contributed by atoms with van der Waals surface area (Å²) >= 11 is 0. The highest BCUT2D eigenvalue weighted by molar-refractivity contribution is 7.89. The molecule has 1 amide bonds. The standard InChI is InChI=1S/C18H24N4O3S/c19-10-12-22(11-9-15-5-2-1-3-6-15)14-18(23)21-16-7-4-8-17(13-16)26(20,24)25/h1-8,13H,9-12,14,19H2,(H,21,23)(H2,20,24,25). The SMILES string of the molecule is NCCN(CCc1ccccc1)CC(=O)Nc1cccc(S(N)(=O)=O)c1. The van der Waals surface area contributed by atoms with E-state index in [0.29, 0.717) is 25.3 Å². The summed E-state index contributed by atoms with van der Waals surface area (Å²) in [6, 6.07) is 15.9. The molecule has 0 saturated heterocycles. The van der Waals surface area contributed by atoms with E-state index >= 15 is 0 Å². The molecule has 2 rings (SSSR count). The van der Waals surface area contributed by atoms with Crippen LogP contribution in [0.4, 0.5) is 5.69 Å². The molecule has 26 heavy (non-hydrogen) atoms. The molecule has 0 unspecified atom stereocenters. The van der Waals surface area contributed by atoms with Gasteiger partial charge in [-0.15, -0.1) is 0 Å². The lowest BCUT2D eigenvalue weighted by Gasteiger charge is -2.21. The van der Waals surface area contributed by atoms with Crippen LogP contribution in [0.25, 0.3) is 0 Å². The average Bonchev–Trinajstić information content (AvgIpc) is 2.60. The third-order valence-corrected chi connectivity index (χ3v) is 4.73. The van der Waals surface area contributed by atoms with Gasteiger partial charge >= 0.3 is 0 Å². The molecule has 0 bridgehead atoms. The van der Waals surface area contributed by atoms with Crippen LogP contribution in [0.2, 0.25) is 0 Å². The smallest absolute Gasteiger partial charge is 0.238 e. The average molecular weight is 376 g/mol. The second-order valence-corrected chi connectivity index (χ2v) is 7.48. The third-order valence-electron chi connectivity index (χ3n) is 3.82. The first-order chi connectivity index (χ1) is 12.4. The Morgan fingerprint density at radius 3 is 2.42 bits per heavy atom. The monoisotopic (exact) mass is 376 g/mol.